The number of carbonyl (C=O) groups is 2. The van der Waals surface area contributed by atoms with Crippen molar-refractivity contribution in [2.24, 2.45) is 5.41 Å². The van der Waals surface area contributed by atoms with E-state index in [4.69, 9.17) is 16.7 Å². The summed E-state index contributed by atoms with van der Waals surface area (Å²) in [4.78, 5) is 21.4. The molecular weight excluding hydrogens is 180 g/mol. The topological polar surface area (TPSA) is 54.4 Å². The zero-order chi connectivity index (χ0) is 9.78. The number of carboxylic acid groups (broad SMARTS) is 1. The first-order valence-electron chi connectivity index (χ1n) is 3.49. The molecule has 0 aromatic carbocycles. The molecule has 0 amide bonds. The monoisotopic (exact) mass is 190 g/mol. The zero-order valence-corrected chi connectivity index (χ0v) is 7.60. The van der Waals surface area contributed by atoms with Crippen molar-refractivity contribution in [3.05, 3.63) is 12.7 Å². The lowest BCUT2D eigenvalue weighted by atomic mass is 9.87. The van der Waals surface area contributed by atoms with Crippen molar-refractivity contribution in [3.63, 3.8) is 0 Å². The molecular formula is C8H11ClO3. The Kier molecular flexibility index (Phi) is 3.96. The van der Waals surface area contributed by atoms with Crippen LogP contribution in [0.15, 0.2) is 12.7 Å². The SMILES string of the molecule is C=CCCC(C)(C(=O)O)C(=O)Cl. The van der Waals surface area contributed by atoms with Gasteiger partial charge in [0, 0.05) is 0 Å². The summed E-state index contributed by atoms with van der Waals surface area (Å²) in [6.45, 7) is 4.75. The van der Waals surface area contributed by atoms with Gasteiger partial charge in [0.15, 0.2) is 0 Å². The van der Waals surface area contributed by atoms with Gasteiger partial charge in [-0.2, -0.15) is 0 Å². The highest BCUT2D eigenvalue weighted by molar-refractivity contribution is 6.66. The first-order chi connectivity index (χ1) is 5.45. The average Bonchev–Trinajstić information content (AvgIpc) is 1.99. The van der Waals surface area contributed by atoms with Gasteiger partial charge in [0.05, 0.1) is 0 Å². The summed E-state index contributed by atoms with van der Waals surface area (Å²) in [5.74, 6) is -1.19. The molecule has 68 valence electrons. The van der Waals surface area contributed by atoms with Crippen LogP contribution in [0.3, 0.4) is 0 Å². The molecule has 0 saturated carbocycles. The van der Waals surface area contributed by atoms with Crippen molar-refractivity contribution in [3.8, 4) is 0 Å². The van der Waals surface area contributed by atoms with Crippen LogP contribution in [0.2, 0.25) is 0 Å². The number of aliphatic carboxylic acids is 1. The van der Waals surface area contributed by atoms with Crippen molar-refractivity contribution in [1.82, 2.24) is 0 Å². The lowest BCUT2D eigenvalue weighted by Gasteiger charge is -2.18. The van der Waals surface area contributed by atoms with Gasteiger partial charge in [0.2, 0.25) is 5.24 Å². The third-order valence-corrected chi connectivity index (χ3v) is 2.17. The maximum Gasteiger partial charge on any atom is 0.318 e. The largest absolute Gasteiger partial charge is 0.480 e. The fourth-order valence-corrected chi connectivity index (χ4v) is 0.855. The maximum atomic E-state index is 10.8. The predicted octanol–water partition coefficient (Wildman–Crippen LogP) is 1.81. The van der Waals surface area contributed by atoms with Gasteiger partial charge in [-0.1, -0.05) is 6.08 Å². The molecule has 4 heteroatoms. The summed E-state index contributed by atoms with van der Waals surface area (Å²) in [6, 6.07) is 0. The number of hydrogen-bond acceptors (Lipinski definition) is 2. The summed E-state index contributed by atoms with van der Waals surface area (Å²) in [5, 5.41) is 7.85. The third-order valence-electron chi connectivity index (χ3n) is 1.75. The molecule has 0 heterocycles. The number of allylic oxidation sites excluding steroid dienone is 1. The van der Waals surface area contributed by atoms with Crippen molar-refractivity contribution >= 4 is 22.8 Å². The highest BCUT2D eigenvalue weighted by Gasteiger charge is 2.39. The second-order valence-corrected chi connectivity index (χ2v) is 3.08. The summed E-state index contributed by atoms with van der Waals surface area (Å²) in [6.07, 6.45) is 2.20. The lowest BCUT2D eigenvalue weighted by Crippen LogP contribution is -2.33. The second kappa shape index (κ2) is 4.26. The van der Waals surface area contributed by atoms with Crippen molar-refractivity contribution < 1.29 is 14.7 Å². The Labute approximate surface area is 76.0 Å². The highest BCUT2D eigenvalue weighted by atomic mass is 35.5. The highest BCUT2D eigenvalue weighted by Crippen LogP contribution is 2.26. The zero-order valence-electron chi connectivity index (χ0n) is 6.84. The smallest absolute Gasteiger partial charge is 0.318 e. The van der Waals surface area contributed by atoms with E-state index in [1.165, 1.54) is 6.92 Å². The number of halogens is 1. The predicted molar refractivity (Wildman–Crippen MR) is 46.0 cm³/mol. The number of hydrogen-bond donors (Lipinski definition) is 1. The molecule has 0 bridgehead atoms. The van der Waals surface area contributed by atoms with E-state index < -0.39 is 16.6 Å². The molecule has 0 aromatic rings. The molecule has 0 spiro atoms. The molecule has 0 aliphatic heterocycles. The van der Waals surface area contributed by atoms with Crippen LogP contribution in [-0.4, -0.2) is 16.3 Å². The minimum absolute atomic E-state index is 0.189. The van der Waals surface area contributed by atoms with Crippen LogP contribution in [0.1, 0.15) is 19.8 Å². The van der Waals surface area contributed by atoms with Crippen LogP contribution in [0, 0.1) is 5.41 Å². The molecule has 0 saturated heterocycles. The molecule has 0 radical (unpaired) electrons. The third kappa shape index (κ3) is 2.34. The Hall–Kier alpha value is -0.830. The quantitative estimate of drug-likeness (QED) is 0.409. The van der Waals surface area contributed by atoms with Gasteiger partial charge in [-0.05, 0) is 31.4 Å². The lowest BCUT2D eigenvalue weighted by molar-refractivity contribution is -0.151. The molecule has 0 fully saturated rings. The molecule has 1 unspecified atom stereocenters. The van der Waals surface area contributed by atoms with Gasteiger partial charge in [-0.25, -0.2) is 0 Å². The molecule has 1 N–H and O–H groups in total. The van der Waals surface area contributed by atoms with E-state index in [0.717, 1.165) is 0 Å². The molecule has 1 atom stereocenters. The number of carbonyl (C=O) groups excluding carboxylic acids is 1. The van der Waals surface area contributed by atoms with E-state index in [1.54, 1.807) is 6.08 Å². The van der Waals surface area contributed by atoms with Crippen molar-refractivity contribution in [2.75, 3.05) is 0 Å². The number of carboxylic acids is 1. The van der Waals surface area contributed by atoms with Gasteiger partial charge in [-0.15, -0.1) is 6.58 Å². The van der Waals surface area contributed by atoms with Gasteiger partial charge in [0.1, 0.15) is 5.41 Å². The van der Waals surface area contributed by atoms with Gasteiger partial charge in [0.25, 0.3) is 0 Å². The Morgan fingerprint density at radius 1 is 1.67 bits per heavy atom. The summed E-state index contributed by atoms with van der Waals surface area (Å²) >= 11 is 5.16. The van der Waals surface area contributed by atoms with E-state index >= 15 is 0 Å². The molecule has 3 nitrogen and oxygen atoms in total. The average molecular weight is 191 g/mol. The van der Waals surface area contributed by atoms with Crippen molar-refractivity contribution in [2.45, 2.75) is 19.8 Å². The fraction of sp³-hybridized carbons (Fsp3) is 0.500. The van der Waals surface area contributed by atoms with E-state index in [9.17, 15) is 9.59 Å². The van der Waals surface area contributed by atoms with E-state index in [2.05, 4.69) is 6.58 Å². The Morgan fingerprint density at radius 2 is 2.17 bits per heavy atom. The number of rotatable bonds is 5. The first-order valence-corrected chi connectivity index (χ1v) is 3.87. The minimum Gasteiger partial charge on any atom is -0.480 e. The van der Waals surface area contributed by atoms with Crippen LogP contribution in [-0.2, 0) is 9.59 Å². The van der Waals surface area contributed by atoms with Crippen molar-refractivity contribution in [1.29, 1.82) is 0 Å². The van der Waals surface area contributed by atoms with Gasteiger partial charge in [-0.3, -0.25) is 9.59 Å². The summed E-state index contributed by atoms with van der Waals surface area (Å²) < 4.78 is 0. The Bertz CT molecular complexity index is 196. The summed E-state index contributed by atoms with van der Waals surface area (Å²) in [7, 11) is 0. The maximum absolute atomic E-state index is 10.8. The van der Waals surface area contributed by atoms with E-state index in [1.807, 2.05) is 0 Å². The van der Waals surface area contributed by atoms with E-state index in [-0.39, 0.29) is 6.42 Å². The Morgan fingerprint density at radius 3 is 2.42 bits per heavy atom. The normalized spacial score (nSPS) is 14.8. The van der Waals surface area contributed by atoms with Crippen LogP contribution in [0.25, 0.3) is 0 Å². The van der Waals surface area contributed by atoms with E-state index in [0.29, 0.717) is 6.42 Å². The fourth-order valence-electron chi connectivity index (χ4n) is 0.680. The molecule has 0 aliphatic rings. The van der Waals surface area contributed by atoms with Crippen LogP contribution < -0.4 is 0 Å². The molecule has 0 rings (SSSR count). The standard InChI is InChI=1S/C8H11ClO3/c1-3-4-5-8(2,6(9)10)7(11)12/h3H,1,4-5H2,2H3,(H,11,12). The second-order valence-electron chi connectivity index (χ2n) is 2.74. The van der Waals surface area contributed by atoms with Gasteiger partial charge >= 0.3 is 5.97 Å². The Balaban J connectivity index is 4.50. The molecule has 0 aliphatic carbocycles. The first kappa shape index (κ1) is 11.2. The molecule has 0 aromatic heterocycles. The minimum atomic E-state index is -1.48. The molecule has 12 heavy (non-hydrogen) atoms. The van der Waals surface area contributed by atoms with Gasteiger partial charge < -0.3 is 5.11 Å². The van der Waals surface area contributed by atoms with Crippen LogP contribution >= 0.6 is 11.6 Å². The van der Waals surface area contributed by atoms with Crippen LogP contribution in [0.4, 0.5) is 0 Å². The summed E-state index contributed by atoms with van der Waals surface area (Å²) in [5.41, 5.74) is -1.48. The van der Waals surface area contributed by atoms with Crippen LogP contribution in [0.5, 0.6) is 0 Å².